The van der Waals surface area contributed by atoms with Gasteiger partial charge in [0.05, 0.1) is 17.8 Å². The molecule has 0 radical (unpaired) electrons. The monoisotopic (exact) mass is 238 g/mol. The molecule has 1 aromatic carbocycles. The molecule has 1 unspecified atom stereocenters. The SMILES string of the molecule is C=CCC1/C(=C\C#N)c2ccccc2N1C(C)=O. The van der Waals surface area contributed by atoms with Crippen molar-refractivity contribution in [2.45, 2.75) is 19.4 Å². The summed E-state index contributed by atoms with van der Waals surface area (Å²) in [5, 5.41) is 8.91. The molecule has 3 nitrogen and oxygen atoms in total. The van der Waals surface area contributed by atoms with Crippen LogP contribution in [0.4, 0.5) is 5.69 Å². The fourth-order valence-electron chi connectivity index (χ4n) is 2.44. The Morgan fingerprint density at radius 1 is 1.56 bits per heavy atom. The summed E-state index contributed by atoms with van der Waals surface area (Å²) in [6.07, 6.45) is 3.94. The van der Waals surface area contributed by atoms with Crippen molar-refractivity contribution < 1.29 is 4.79 Å². The Labute approximate surface area is 107 Å². The Kier molecular flexibility index (Phi) is 3.29. The lowest BCUT2D eigenvalue weighted by Crippen LogP contribution is -2.35. The highest BCUT2D eigenvalue weighted by molar-refractivity contribution is 6.03. The predicted molar refractivity (Wildman–Crippen MR) is 71.8 cm³/mol. The van der Waals surface area contributed by atoms with Gasteiger partial charge >= 0.3 is 0 Å². The minimum atomic E-state index is -0.114. The van der Waals surface area contributed by atoms with Crippen molar-refractivity contribution in [2.75, 3.05) is 4.90 Å². The molecule has 1 atom stereocenters. The summed E-state index contributed by atoms with van der Waals surface area (Å²) < 4.78 is 0. The van der Waals surface area contributed by atoms with Gasteiger partial charge in [-0.3, -0.25) is 4.79 Å². The number of rotatable bonds is 2. The fourth-order valence-corrected chi connectivity index (χ4v) is 2.44. The quantitative estimate of drug-likeness (QED) is 0.587. The third-order valence-electron chi connectivity index (χ3n) is 3.09. The normalized spacial score (nSPS) is 19.4. The number of fused-ring (bicyclic) bond motifs is 1. The lowest BCUT2D eigenvalue weighted by Gasteiger charge is -2.23. The highest BCUT2D eigenvalue weighted by Gasteiger charge is 2.34. The maximum Gasteiger partial charge on any atom is 0.224 e. The minimum absolute atomic E-state index is 0.0179. The molecule has 0 saturated carbocycles. The van der Waals surface area contributed by atoms with Gasteiger partial charge in [0.15, 0.2) is 0 Å². The van der Waals surface area contributed by atoms with E-state index in [0.29, 0.717) is 6.42 Å². The molecule has 1 aromatic rings. The highest BCUT2D eigenvalue weighted by Crippen LogP contribution is 2.41. The van der Waals surface area contributed by atoms with Crippen LogP contribution in [0.1, 0.15) is 18.9 Å². The first-order valence-corrected chi connectivity index (χ1v) is 5.80. The number of benzene rings is 1. The molecule has 90 valence electrons. The van der Waals surface area contributed by atoms with E-state index in [9.17, 15) is 4.79 Å². The Balaban J connectivity index is 2.61. The van der Waals surface area contributed by atoms with Gasteiger partial charge in [0.1, 0.15) is 0 Å². The molecule has 1 heterocycles. The van der Waals surface area contributed by atoms with Crippen molar-refractivity contribution in [1.82, 2.24) is 0 Å². The standard InChI is InChI=1S/C15H14N2O/c1-3-6-14-13(9-10-16)12-7-4-5-8-15(12)17(14)11(2)18/h3-5,7-9,14H,1,6H2,2H3/b13-9-. The summed E-state index contributed by atoms with van der Waals surface area (Å²) in [4.78, 5) is 13.6. The first-order chi connectivity index (χ1) is 8.70. The van der Waals surface area contributed by atoms with Crippen LogP contribution < -0.4 is 4.90 Å². The van der Waals surface area contributed by atoms with Gasteiger partial charge in [-0.1, -0.05) is 24.3 Å². The number of nitriles is 1. The molecule has 18 heavy (non-hydrogen) atoms. The summed E-state index contributed by atoms with van der Waals surface area (Å²) in [5.41, 5.74) is 2.72. The molecular formula is C15H14N2O. The van der Waals surface area contributed by atoms with Crippen LogP contribution in [0.15, 0.2) is 43.0 Å². The molecule has 1 aliphatic heterocycles. The molecule has 0 fully saturated rings. The van der Waals surface area contributed by atoms with Gasteiger partial charge in [-0.05, 0) is 18.1 Å². The molecule has 0 saturated heterocycles. The zero-order valence-corrected chi connectivity index (χ0v) is 10.3. The molecular weight excluding hydrogens is 224 g/mol. The number of amides is 1. The van der Waals surface area contributed by atoms with Gasteiger partial charge in [-0.15, -0.1) is 6.58 Å². The van der Waals surface area contributed by atoms with E-state index in [1.807, 2.05) is 24.3 Å². The van der Waals surface area contributed by atoms with Gasteiger partial charge in [0.25, 0.3) is 0 Å². The summed E-state index contributed by atoms with van der Waals surface area (Å²) in [6, 6.07) is 9.61. The van der Waals surface area contributed by atoms with Crippen LogP contribution in [-0.2, 0) is 4.79 Å². The Hall–Kier alpha value is -2.34. The van der Waals surface area contributed by atoms with E-state index >= 15 is 0 Å². The molecule has 2 rings (SSSR count). The van der Waals surface area contributed by atoms with E-state index in [2.05, 4.69) is 12.6 Å². The van der Waals surface area contributed by atoms with Crippen LogP contribution in [0.25, 0.3) is 5.57 Å². The van der Waals surface area contributed by atoms with Gasteiger partial charge in [-0.2, -0.15) is 5.26 Å². The molecule has 1 aliphatic rings. The second-order valence-electron chi connectivity index (χ2n) is 4.18. The lowest BCUT2D eigenvalue weighted by molar-refractivity contribution is -0.116. The van der Waals surface area contributed by atoms with Crippen LogP contribution in [0, 0.1) is 11.3 Å². The van der Waals surface area contributed by atoms with Crippen molar-refractivity contribution in [1.29, 1.82) is 5.26 Å². The topological polar surface area (TPSA) is 44.1 Å². The van der Waals surface area contributed by atoms with Crippen LogP contribution in [0.2, 0.25) is 0 Å². The van der Waals surface area contributed by atoms with Crippen molar-refractivity contribution in [2.24, 2.45) is 0 Å². The van der Waals surface area contributed by atoms with Crippen molar-refractivity contribution in [3.8, 4) is 6.07 Å². The Morgan fingerprint density at radius 3 is 2.89 bits per heavy atom. The number of nitrogens with zero attached hydrogens (tertiary/aromatic N) is 2. The van der Waals surface area contributed by atoms with Gasteiger partial charge in [-0.25, -0.2) is 0 Å². The number of para-hydroxylation sites is 1. The van der Waals surface area contributed by atoms with E-state index < -0.39 is 0 Å². The van der Waals surface area contributed by atoms with E-state index in [0.717, 1.165) is 16.8 Å². The molecule has 0 bridgehead atoms. The number of anilines is 1. The number of allylic oxidation sites excluding steroid dienone is 1. The average Bonchev–Trinajstić information content (AvgIpc) is 2.65. The molecule has 3 heteroatoms. The number of hydrogen-bond donors (Lipinski definition) is 0. The van der Waals surface area contributed by atoms with Gasteiger partial charge in [0, 0.05) is 18.6 Å². The first-order valence-electron chi connectivity index (χ1n) is 5.80. The summed E-state index contributed by atoms with van der Waals surface area (Å²) >= 11 is 0. The lowest BCUT2D eigenvalue weighted by atomic mass is 10.00. The number of hydrogen-bond acceptors (Lipinski definition) is 2. The highest BCUT2D eigenvalue weighted by atomic mass is 16.2. The maximum atomic E-state index is 11.8. The largest absolute Gasteiger partial charge is 0.304 e. The van der Waals surface area contributed by atoms with Crippen molar-refractivity contribution in [3.63, 3.8) is 0 Å². The fraction of sp³-hybridized carbons (Fsp3) is 0.200. The number of carbonyl (C=O) groups is 1. The van der Waals surface area contributed by atoms with Gasteiger partial charge < -0.3 is 4.90 Å². The second-order valence-corrected chi connectivity index (χ2v) is 4.18. The minimum Gasteiger partial charge on any atom is -0.304 e. The summed E-state index contributed by atoms with van der Waals surface area (Å²) in [7, 11) is 0. The third kappa shape index (κ3) is 1.82. The summed E-state index contributed by atoms with van der Waals surface area (Å²) in [6.45, 7) is 5.27. The third-order valence-corrected chi connectivity index (χ3v) is 3.09. The van der Waals surface area contributed by atoms with E-state index in [-0.39, 0.29) is 11.9 Å². The zero-order valence-electron chi connectivity index (χ0n) is 10.3. The Bertz CT molecular complexity index is 566. The molecule has 0 spiro atoms. The Morgan fingerprint density at radius 2 is 2.28 bits per heavy atom. The maximum absolute atomic E-state index is 11.8. The molecule has 1 amide bonds. The van der Waals surface area contributed by atoms with Crippen LogP contribution >= 0.6 is 0 Å². The number of carbonyl (C=O) groups excluding carboxylic acids is 1. The van der Waals surface area contributed by atoms with Crippen LogP contribution in [0.5, 0.6) is 0 Å². The smallest absolute Gasteiger partial charge is 0.224 e. The summed E-state index contributed by atoms with van der Waals surface area (Å²) in [5.74, 6) is -0.0179. The van der Waals surface area contributed by atoms with E-state index in [1.165, 1.54) is 6.08 Å². The van der Waals surface area contributed by atoms with Crippen molar-refractivity contribution >= 4 is 17.2 Å². The molecule has 0 aromatic heterocycles. The van der Waals surface area contributed by atoms with E-state index in [4.69, 9.17) is 5.26 Å². The van der Waals surface area contributed by atoms with Crippen LogP contribution in [-0.4, -0.2) is 11.9 Å². The second kappa shape index (κ2) is 4.89. The van der Waals surface area contributed by atoms with Gasteiger partial charge in [0.2, 0.25) is 5.91 Å². The zero-order chi connectivity index (χ0) is 13.1. The van der Waals surface area contributed by atoms with Crippen LogP contribution in [0.3, 0.4) is 0 Å². The molecule has 0 aliphatic carbocycles. The first kappa shape index (κ1) is 12.1. The molecule has 0 N–H and O–H groups in total. The average molecular weight is 238 g/mol. The predicted octanol–water partition coefficient (Wildman–Crippen LogP) is 2.90. The van der Waals surface area contributed by atoms with Crippen molar-refractivity contribution in [3.05, 3.63) is 48.6 Å². The van der Waals surface area contributed by atoms with E-state index in [1.54, 1.807) is 17.9 Å².